The Morgan fingerprint density at radius 2 is 2.15 bits per heavy atom. The van der Waals surface area contributed by atoms with Gasteiger partial charge in [-0.25, -0.2) is 4.98 Å². The van der Waals surface area contributed by atoms with Gasteiger partial charge in [-0.3, -0.25) is 4.68 Å². The number of ether oxygens (including phenoxy) is 1. The molecule has 1 aliphatic rings. The van der Waals surface area contributed by atoms with Crippen molar-refractivity contribution >= 4 is 11.8 Å². The summed E-state index contributed by atoms with van der Waals surface area (Å²) in [4.78, 5) is 9.52. The van der Waals surface area contributed by atoms with Crippen LogP contribution in [-0.4, -0.2) is 53.1 Å². The normalized spacial score (nSPS) is 15.2. The zero-order valence-electron chi connectivity index (χ0n) is 15.9. The molecular weight excluding hydrogens is 330 g/mol. The van der Waals surface area contributed by atoms with Crippen LogP contribution in [0.3, 0.4) is 0 Å². The summed E-state index contributed by atoms with van der Waals surface area (Å²) in [6.45, 7) is 5.38. The topological polar surface area (TPSA) is 88.9 Å². The molecule has 1 unspecified atom stereocenters. The summed E-state index contributed by atoms with van der Waals surface area (Å²) in [7, 11) is 3.63. The van der Waals surface area contributed by atoms with Crippen LogP contribution < -0.4 is 16.0 Å². The van der Waals surface area contributed by atoms with Gasteiger partial charge in [0.25, 0.3) is 0 Å². The van der Waals surface area contributed by atoms with Crippen molar-refractivity contribution in [3.05, 3.63) is 29.2 Å². The van der Waals surface area contributed by atoms with Crippen LogP contribution in [0.1, 0.15) is 36.2 Å². The zero-order valence-corrected chi connectivity index (χ0v) is 15.9. The number of aryl methyl sites for hydroxylation is 1. The van der Waals surface area contributed by atoms with Crippen molar-refractivity contribution < 1.29 is 4.74 Å². The monoisotopic (exact) mass is 359 g/mol. The van der Waals surface area contributed by atoms with Crippen molar-refractivity contribution in [3.8, 4) is 0 Å². The van der Waals surface area contributed by atoms with Gasteiger partial charge in [0.2, 0.25) is 5.95 Å². The van der Waals surface area contributed by atoms with Gasteiger partial charge < -0.3 is 20.7 Å². The van der Waals surface area contributed by atoms with Gasteiger partial charge in [-0.15, -0.1) is 0 Å². The average molecular weight is 359 g/mol. The van der Waals surface area contributed by atoms with Gasteiger partial charge in [0.1, 0.15) is 5.82 Å². The number of fused-ring (bicyclic) bond motifs is 1. The van der Waals surface area contributed by atoms with Crippen LogP contribution in [0, 0.1) is 0 Å². The van der Waals surface area contributed by atoms with Gasteiger partial charge in [-0.05, 0) is 19.4 Å². The summed E-state index contributed by atoms with van der Waals surface area (Å²) in [5.41, 5.74) is 3.51. The molecule has 0 aromatic carbocycles. The van der Waals surface area contributed by atoms with Crippen LogP contribution in [0.25, 0.3) is 0 Å². The number of nitrogens with one attached hydrogen (secondary N) is 3. The number of hydrogen-bond acceptors (Lipinski definition) is 7. The maximum absolute atomic E-state index is 5.12. The fourth-order valence-electron chi connectivity index (χ4n) is 3.21. The number of anilines is 2. The Morgan fingerprint density at radius 1 is 1.31 bits per heavy atom. The first-order chi connectivity index (χ1) is 12.7. The van der Waals surface area contributed by atoms with Crippen molar-refractivity contribution in [3.63, 3.8) is 0 Å². The van der Waals surface area contributed by atoms with Crippen molar-refractivity contribution in [1.82, 2.24) is 25.1 Å². The Kier molecular flexibility index (Phi) is 6.40. The summed E-state index contributed by atoms with van der Waals surface area (Å²) in [5.74, 6) is 1.58. The summed E-state index contributed by atoms with van der Waals surface area (Å²) in [6.07, 6.45) is 6.77. The van der Waals surface area contributed by atoms with E-state index in [0.717, 1.165) is 43.9 Å². The largest absolute Gasteiger partial charge is 0.383 e. The van der Waals surface area contributed by atoms with E-state index < -0.39 is 0 Å². The Balaban J connectivity index is 1.88. The number of rotatable bonds is 8. The highest BCUT2D eigenvalue weighted by Crippen LogP contribution is 2.27. The second-order valence-electron chi connectivity index (χ2n) is 6.54. The van der Waals surface area contributed by atoms with E-state index in [1.165, 1.54) is 11.1 Å². The van der Waals surface area contributed by atoms with E-state index >= 15 is 0 Å². The summed E-state index contributed by atoms with van der Waals surface area (Å²) in [6, 6.07) is 0.172. The Morgan fingerprint density at radius 3 is 2.88 bits per heavy atom. The molecule has 0 spiro atoms. The van der Waals surface area contributed by atoms with Gasteiger partial charge >= 0.3 is 0 Å². The van der Waals surface area contributed by atoms with E-state index in [1.54, 1.807) is 7.11 Å². The standard InChI is InChI=1S/C18H29N7O/c1-4-15(13-11-21-25(2)12-13)22-17-14-5-7-19-8-6-16(14)23-18(24-17)20-9-10-26-3/h11-12,15,19H,4-10H2,1-3H3,(H2,20,22,23,24). The van der Waals surface area contributed by atoms with Gasteiger partial charge in [-0.2, -0.15) is 10.1 Å². The molecule has 8 heteroatoms. The third-order valence-electron chi connectivity index (χ3n) is 4.62. The highest BCUT2D eigenvalue weighted by Gasteiger charge is 2.20. The minimum absolute atomic E-state index is 0.172. The van der Waals surface area contributed by atoms with Crippen LogP contribution in [0.2, 0.25) is 0 Å². The second-order valence-corrected chi connectivity index (χ2v) is 6.54. The first-order valence-electron chi connectivity index (χ1n) is 9.29. The van der Waals surface area contributed by atoms with Crippen molar-refractivity contribution in [1.29, 1.82) is 0 Å². The lowest BCUT2D eigenvalue weighted by atomic mass is 10.1. The lowest BCUT2D eigenvalue weighted by Crippen LogP contribution is -2.17. The Hall–Kier alpha value is -2.19. The van der Waals surface area contributed by atoms with Gasteiger partial charge in [-0.1, -0.05) is 6.92 Å². The van der Waals surface area contributed by atoms with E-state index in [9.17, 15) is 0 Å². The van der Waals surface area contributed by atoms with Crippen molar-refractivity contribution in [2.24, 2.45) is 7.05 Å². The minimum atomic E-state index is 0.172. The predicted molar refractivity (Wildman–Crippen MR) is 103 cm³/mol. The van der Waals surface area contributed by atoms with Gasteiger partial charge in [0.15, 0.2) is 0 Å². The molecule has 0 saturated carbocycles. The molecule has 2 aromatic heterocycles. The lowest BCUT2D eigenvalue weighted by molar-refractivity contribution is 0.210. The lowest BCUT2D eigenvalue weighted by Gasteiger charge is -2.20. The molecule has 26 heavy (non-hydrogen) atoms. The highest BCUT2D eigenvalue weighted by molar-refractivity contribution is 5.52. The second kappa shape index (κ2) is 8.95. The minimum Gasteiger partial charge on any atom is -0.383 e. The van der Waals surface area contributed by atoms with Crippen LogP contribution in [0.5, 0.6) is 0 Å². The third-order valence-corrected chi connectivity index (χ3v) is 4.62. The van der Waals surface area contributed by atoms with Crippen molar-refractivity contribution in [2.75, 3.05) is 44.0 Å². The first kappa shape index (κ1) is 18.6. The van der Waals surface area contributed by atoms with E-state index in [-0.39, 0.29) is 6.04 Å². The molecule has 3 heterocycles. The fourth-order valence-corrected chi connectivity index (χ4v) is 3.21. The maximum atomic E-state index is 5.12. The molecule has 1 aliphatic heterocycles. The van der Waals surface area contributed by atoms with E-state index in [0.29, 0.717) is 19.1 Å². The number of methoxy groups -OCH3 is 1. The number of hydrogen-bond donors (Lipinski definition) is 3. The molecule has 0 saturated heterocycles. The highest BCUT2D eigenvalue weighted by atomic mass is 16.5. The summed E-state index contributed by atoms with van der Waals surface area (Å²) in [5, 5.41) is 14.7. The molecule has 1 atom stereocenters. The summed E-state index contributed by atoms with van der Waals surface area (Å²) >= 11 is 0. The molecule has 0 bridgehead atoms. The molecular formula is C18H29N7O. The first-order valence-corrected chi connectivity index (χ1v) is 9.29. The van der Waals surface area contributed by atoms with Crippen LogP contribution >= 0.6 is 0 Å². The van der Waals surface area contributed by atoms with Crippen molar-refractivity contribution in [2.45, 2.75) is 32.2 Å². The molecule has 0 aliphatic carbocycles. The smallest absolute Gasteiger partial charge is 0.224 e. The number of nitrogens with zero attached hydrogens (tertiary/aromatic N) is 4. The van der Waals surface area contributed by atoms with E-state index in [4.69, 9.17) is 14.7 Å². The molecule has 3 rings (SSSR count). The number of aromatic nitrogens is 4. The Labute approximate surface area is 154 Å². The zero-order chi connectivity index (χ0) is 18.4. The molecule has 0 radical (unpaired) electrons. The molecule has 0 fully saturated rings. The summed E-state index contributed by atoms with van der Waals surface area (Å²) < 4.78 is 6.95. The quantitative estimate of drug-likeness (QED) is 0.616. The van der Waals surface area contributed by atoms with E-state index in [1.807, 2.05) is 17.9 Å². The van der Waals surface area contributed by atoms with Crippen LogP contribution in [0.4, 0.5) is 11.8 Å². The molecule has 0 amide bonds. The van der Waals surface area contributed by atoms with Gasteiger partial charge in [0, 0.05) is 51.0 Å². The Bertz CT molecular complexity index is 716. The van der Waals surface area contributed by atoms with Crippen LogP contribution in [0.15, 0.2) is 12.4 Å². The maximum Gasteiger partial charge on any atom is 0.224 e. The SMILES string of the molecule is CCC(Nc1nc(NCCOC)nc2c1CCNCC2)c1cnn(C)c1. The molecule has 8 nitrogen and oxygen atoms in total. The predicted octanol–water partition coefficient (Wildman–Crippen LogP) is 1.52. The molecule has 142 valence electrons. The fraction of sp³-hybridized carbons (Fsp3) is 0.611. The van der Waals surface area contributed by atoms with E-state index in [2.05, 4.69) is 34.2 Å². The van der Waals surface area contributed by atoms with Crippen LogP contribution in [-0.2, 0) is 24.6 Å². The van der Waals surface area contributed by atoms with Gasteiger partial charge in [0.05, 0.1) is 24.5 Å². The molecule has 3 N–H and O–H groups in total. The average Bonchev–Trinajstić information content (AvgIpc) is 2.92. The third kappa shape index (κ3) is 4.50. The molecule has 2 aromatic rings.